The highest BCUT2D eigenvalue weighted by Crippen LogP contribution is 2.08. The predicted octanol–water partition coefficient (Wildman–Crippen LogP) is 3.50. The molecule has 2 heteroatoms. The van der Waals surface area contributed by atoms with Crippen LogP contribution in [0.4, 0.5) is 0 Å². The minimum atomic E-state index is 0.166. The van der Waals surface area contributed by atoms with Crippen LogP contribution in [-0.4, -0.2) is 11.6 Å². The number of rotatable bonds is 5. The summed E-state index contributed by atoms with van der Waals surface area (Å²) in [7, 11) is 0. The third kappa shape index (κ3) is 6.44. The number of hydrogen-bond donors (Lipinski definition) is 1. The maximum Gasteiger partial charge on any atom is 0.0720 e. The second-order valence-electron chi connectivity index (χ2n) is 5.78. The molecular formula is C15H25NO. The second kappa shape index (κ2) is 6.18. The average molecular weight is 235 g/mol. The van der Waals surface area contributed by atoms with Crippen molar-refractivity contribution in [3.8, 4) is 0 Å². The van der Waals surface area contributed by atoms with E-state index in [2.05, 4.69) is 64.2 Å². The van der Waals surface area contributed by atoms with Crippen LogP contribution in [0.25, 0.3) is 0 Å². The molecule has 1 N–H and O–H groups in total. The summed E-state index contributed by atoms with van der Waals surface area (Å²) >= 11 is 0. The predicted molar refractivity (Wildman–Crippen MR) is 73.0 cm³/mol. The summed E-state index contributed by atoms with van der Waals surface area (Å²) in [5.41, 5.74) is 2.71. The van der Waals surface area contributed by atoms with E-state index in [1.54, 1.807) is 0 Å². The van der Waals surface area contributed by atoms with Crippen molar-refractivity contribution >= 4 is 0 Å². The second-order valence-corrected chi connectivity index (χ2v) is 5.78. The Kier molecular flexibility index (Phi) is 5.16. The van der Waals surface area contributed by atoms with Crippen LogP contribution < -0.4 is 5.32 Å². The minimum absolute atomic E-state index is 0.166. The highest BCUT2D eigenvalue weighted by atomic mass is 16.5. The van der Waals surface area contributed by atoms with E-state index in [1.807, 2.05) is 0 Å². The lowest BCUT2D eigenvalue weighted by Crippen LogP contribution is -2.35. The Bertz CT molecular complexity index is 322. The van der Waals surface area contributed by atoms with Gasteiger partial charge in [0.05, 0.1) is 12.7 Å². The first-order valence-electron chi connectivity index (χ1n) is 6.31. The first-order valence-corrected chi connectivity index (χ1v) is 6.31. The number of benzene rings is 1. The van der Waals surface area contributed by atoms with Crippen LogP contribution >= 0.6 is 0 Å². The van der Waals surface area contributed by atoms with Gasteiger partial charge in [0.1, 0.15) is 0 Å². The molecule has 0 bridgehead atoms. The average Bonchev–Trinajstić information content (AvgIpc) is 2.24. The Morgan fingerprint density at radius 2 is 1.59 bits per heavy atom. The fourth-order valence-corrected chi connectivity index (χ4v) is 1.38. The van der Waals surface area contributed by atoms with Gasteiger partial charge in [0.15, 0.2) is 0 Å². The van der Waals surface area contributed by atoms with Crippen molar-refractivity contribution in [3.05, 3.63) is 35.4 Å². The van der Waals surface area contributed by atoms with Crippen molar-refractivity contribution in [1.29, 1.82) is 0 Å². The third-order valence-electron chi connectivity index (χ3n) is 2.43. The molecule has 17 heavy (non-hydrogen) atoms. The quantitative estimate of drug-likeness (QED) is 0.843. The Morgan fingerprint density at radius 1 is 1.06 bits per heavy atom. The molecule has 0 aliphatic heterocycles. The smallest absolute Gasteiger partial charge is 0.0720 e. The highest BCUT2D eigenvalue weighted by molar-refractivity contribution is 5.22. The standard InChI is InChI=1S/C15H25NO/c1-12(2)17-11-14-8-6-13(7-9-14)10-16-15(3,4)5/h6-9,12,16H,10-11H2,1-5H3. The highest BCUT2D eigenvalue weighted by Gasteiger charge is 2.08. The zero-order chi connectivity index (χ0) is 12.9. The molecule has 0 unspecified atom stereocenters. The molecule has 0 aliphatic rings. The lowest BCUT2D eigenvalue weighted by atomic mass is 10.1. The Balaban J connectivity index is 2.45. The lowest BCUT2D eigenvalue weighted by Gasteiger charge is -2.20. The molecule has 96 valence electrons. The van der Waals surface area contributed by atoms with Crippen LogP contribution in [0.3, 0.4) is 0 Å². The van der Waals surface area contributed by atoms with Crippen LogP contribution in [0.15, 0.2) is 24.3 Å². The van der Waals surface area contributed by atoms with E-state index >= 15 is 0 Å². The molecular weight excluding hydrogens is 210 g/mol. The Hall–Kier alpha value is -0.860. The summed E-state index contributed by atoms with van der Waals surface area (Å²) in [5.74, 6) is 0. The van der Waals surface area contributed by atoms with Crippen LogP contribution in [0.1, 0.15) is 45.7 Å². The van der Waals surface area contributed by atoms with Crippen LogP contribution in [0.5, 0.6) is 0 Å². The largest absolute Gasteiger partial charge is 0.374 e. The molecule has 1 aromatic rings. The van der Waals surface area contributed by atoms with E-state index < -0.39 is 0 Å². The normalized spacial score (nSPS) is 12.1. The molecule has 1 rings (SSSR count). The van der Waals surface area contributed by atoms with Crippen LogP contribution in [-0.2, 0) is 17.9 Å². The van der Waals surface area contributed by atoms with Crippen LogP contribution in [0, 0.1) is 0 Å². The Labute approximate surface area is 105 Å². The molecule has 0 heterocycles. The summed E-state index contributed by atoms with van der Waals surface area (Å²) in [5, 5.41) is 3.48. The topological polar surface area (TPSA) is 21.3 Å². The number of hydrogen-bond acceptors (Lipinski definition) is 2. The summed E-state index contributed by atoms with van der Waals surface area (Å²) in [6.45, 7) is 12.3. The van der Waals surface area contributed by atoms with Gasteiger partial charge in [0.2, 0.25) is 0 Å². The van der Waals surface area contributed by atoms with Gasteiger partial charge in [-0.05, 0) is 45.7 Å². The maximum absolute atomic E-state index is 5.57. The molecule has 0 atom stereocenters. The zero-order valence-electron chi connectivity index (χ0n) is 11.7. The van der Waals surface area contributed by atoms with E-state index in [-0.39, 0.29) is 11.6 Å². The van der Waals surface area contributed by atoms with Crippen molar-refractivity contribution in [2.45, 2.75) is 59.4 Å². The minimum Gasteiger partial charge on any atom is -0.374 e. The molecule has 0 amide bonds. The van der Waals surface area contributed by atoms with Gasteiger partial charge in [-0.25, -0.2) is 0 Å². The van der Waals surface area contributed by atoms with E-state index in [0.29, 0.717) is 6.61 Å². The van der Waals surface area contributed by atoms with E-state index in [1.165, 1.54) is 11.1 Å². The van der Waals surface area contributed by atoms with E-state index in [0.717, 1.165) is 6.54 Å². The number of nitrogens with one attached hydrogen (secondary N) is 1. The van der Waals surface area contributed by atoms with Gasteiger partial charge >= 0.3 is 0 Å². The molecule has 0 aromatic heterocycles. The van der Waals surface area contributed by atoms with Crippen LogP contribution in [0.2, 0.25) is 0 Å². The van der Waals surface area contributed by atoms with Crippen molar-refractivity contribution < 1.29 is 4.74 Å². The zero-order valence-corrected chi connectivity index (χ0v) is 11.7. The molecule has 1 aromatic carbocycles. The summed E-state index contributed by atoms with van der Waals surface area (Å²) in [6.07, 6.45) is 0.289. The first kappa shape index (κ1) is 14.2. The first-order chi connectivity index (χ1) is 7.87. The molecule has 0 fully saturated rings. The van der Waals surface area contributed by atoms with Crippen molar-refractivity contribution in [1.82, 2.24) is 5.32 Å². The van der Waals surface area contributed by atoms with Gasteiger partial charge in [-0.3, -0.25) is 0 Å². The van der Waals surface area contributed by atoms with E-state index in [9.17, 15) is 0 Å². The third-order valence-corrected chi connectivity index (χ3v) is 2.43. The SMILES string of the molecule is CC(C)OCc1ccc(CNC(C)(C)C)cc1. The van der Waals surface area contributed by atoms with Crippen molar-refractivity contribution in [2.75, 3.05) is 0 Å². The maximum atomic E-state index is 5.57. The summed E-state index contributed by atoms with van der Waals surface area (Å²) < 4.78 is 5.57. The Morgan fingerprint density at radius 3 is 2.06 bits per heavy atom. The fraction of sp³-hybridized carbons (Fsp3) is 0.600. The molecule has 0 aliphatic carbocycles. The van der Waals surface area contributed by atoms with Gasteiger partial charge in [-0.1, -0.05) is 24.3 Å². The van der Waals surface area contributed by atoms with Gasteiger partial charge in [-0.2, -0.15) is 0 Å². The number of ether oxygens (including phenoxy) is 1. The van der Waals surface area contributed by atoms with Gasteiger partial charge in [0, 0.05) is 12.1 Å². The fourth-order valence-electron chi connectivity index (χ4n) is 1.38. The van der Waals surface area contributed by atoms with Crippen molar-refractivity contribution in [3.63, 3.8) is 0 Å². The molecule has 0 radical (unpaired) electrons. The summed E-state index contributed by atoms with van der Waals surface area (Å²) in [4.78, 5) is 0. The van der Waals surface area contributed by atoms with Crippen molar-refractivity contribution in [2.24, 2.45) is 0 Å². The molecule has 0 saturated carbocycles. The van der Waals surface area contributed by atoms with Gasteiger partial charge in [0.25, 0.3) is 0 Å². The van der Waals surface area contributed by atoms with Gasteiger partial charge in [-0.15, -0.1) is 0 Å². The van der Waals surface area contributed by atoms with E-state index in [4.69, 9.17) is 4.74 Å². The molecule has 0 saturated heterocycles. The van der Waals surface area contributed by atoms with Gasteiger partial charge < -0.3 is 10.1 Å². The lowest BCUT2D eigenvalue weighted by molar-refractivity contribution is 0.0657. The summed E-state index contributed by atoms with van der Waals surface area (Å²) in [6, 6.07) is 8.61. The molecule has 0 spiro atoms. The monoisotopic (exact) mass is 235 g/mol. The molecule has 2 nitrogen and oxygen atoms in total.